The Kier molecular flexibility index (Phi) is 3.22. The first-order valence-corrected chi connectivity index (χ1v) is 5.88. The molecule has 0 saturated heterocycles. The van der Waals surface area contributed by atoms with Gasteiger partial charge in [0, 0.05) is 12.6 Å². The summed E-state index contributed by atoms with van der Waals surface area (Å²) < 4.78 is 5.33. The van der Waals surface area contributed by atoms with Crippen LogP contribution in [-0.4, -0.2) is 19.7 Å². The summed E-state index contributed by atoms with van der Waals surface area (Å²) in [5.41, 5.74) is 2.24. The number of methoxy groups -OCH3 is 1. The number of rotatable bonds is 3. The highest BCUT2D eigenvalue weighted by atomic mass is 16.5. The van der Waals surface area contributed by atoms with Gasteiger partial charge < -0.3 is 15.4 Å². The van der Waals surface area contributed by atoms with Crippen molar-refractivity contribution in [3.63, 3.8) is 0 Å². The third-order valence-corrected chi connectivity index (χ3v) is 2.89. The highest BCUT2D eigenvalue weighted by Gasteiger charge is 2.20. The van der Waals surface area contributed by atoms with Gasteiger partial charge >= 0.3 is 0 Å². The Balaban J connectivity index is 2.15. The molecule has 0 radical (unpaired) electrons. The van der Waals surface area contributed by atoms with Crippen LogP contribution in [0.25, 0.3) is 0 Å². The van der Waals surface area contributed by atoms with E-state index in [-0.39, 0.29) is 0 Å². The summed E-state index contributed by atoms with van der Waals surface area (Å²) in [5, 5.41) is 7.01. The highest BCUT2D eigenvalue weighted by Crippen LogP contribution is 2.35. The normalized spacial score (nSPS) is 18.6. The van der Waals surface area contributed by atoms with E-state index in [1.165, 1.54) is 6.42 Å². The molecule has 16 heavy (non-hydrogen) atoms. The number of anilines is 2. The fourth-order valence-electron chi connectivity index (χ4n) is 2.21. The first kappa shape index (κ1) is 11.1. The molecule has 1 heterocycles. The smallest absolute Gasteiger partial charge is 0.144 e. The van der Waals surface area contributed by atoms with Crippen molar-refractivity contribution in [1.29, 1.82) is 0 Å². The summed E-state index contributed by atoms with van der Waals surface area (Å²) in [4.78, 5) is 0. The molecule has 1 aromatic rings. The lowest BCUT2D eigenvalue weighted by molar-refractivity contribution is 0.415. The molecule has 0 aliphatic carbocycles. The molecule has 0 amide bonds. The van der Waals surface area contributed by atoms with Crippen molar-refractivity contribution < 1.29 is 4.74 Å². The molecule has 1 aromatic carbocycles. The van der Waals surface area contributed by atoms with Crippen molar-refractivity contribution in [1.82, 2.24) is 0 Å². The molecule has 1 aliphatic heterocycles. The summed E-state index contributed by atoms with van der Waals surface area (Å²) in [6.45, 7) is 5.47. The number of ether oxygens (including phenoxy) is 1. The van der Waals surface area contributed by atoms with Gasteiger partial charge in [-0.2, -0.15) is 0 Å². The third kappa shape index (κ3) is 2.23. The molecule has 0 saturated carbocycles. The molecule has 88 valence electrons. The minimum absolute atomic E-state index is 0.514. The van der Waals surface area contributed by atoms with Gasteiger partial charge in [-0.1, -0.05) is 19.9 Å². The Bertz CT molecular complexity index is 363. The molecule has 2 rings (SSSR count). The zero-order chi connectivity index (χ0) is 11.5. The van der Waals surface area contributed by atoms with E-state index in [9.17, 15) is 0 Å². The average Bonchev–Trinajstić information content (AvgIpc) is 2.27. The first-order valence-electron chi connectivity index (χ1n) is 5.88. The predicted octanol–water partition coefficient (Wildman–Crippen LogP) is 2.95. The van der Waals surface area contributed by atoms with E-state index in [1.54, 1.807) is 7.11 Å². The van der Waals surface area contributed by atoms with Crippen LogP contribution in [0.1, 0.15) is 20.3 Å². The maximum atomic E-state index is 5.33. The largest absolute Gasteiger partial charge is 0.495 e. The van der Waals surface area contributed by atoms with Crippen LogP contribution in [0.3, 0.4) is 0 Å². The summed E-state index contributed by atoms with van der Waals surface area (Å²) in [5.74, 6) is 1.62. The Morgan fingerprint density at radius 3 is 2.94 bits per heavy atom. The van der Waals surface area contributed by atoms with E-state index < -0.39 is 0 Å². The molecular formula is C13H20N2O. The Labute approximate surface area is 97.2 Å². The minimum atomic E-state index is 0.514. The summed E-state index contributed by atoms with van der Waals surface area (Å²) >= 11 is 0. The van der Waals surface area contributed by atoms with Gasteiger partial charge in [-0.15, -0.1) is 0 Å². The summed E-state index contributed by atoms with van der Waals surface area (Å²) in [7, 11) is 1.71. The van der Waals surface area contributed by atoms with E-state index in [0.717, 1.165) is 23.7 Å². The Morgan fingerprint density at radius 1 is 1.44 bits per heavy atom. The average molecular weight is 220 g/mol. The fraction of sp³-hybridized carbons (Fsp3) is 0.538. The molecule has 3 nitrogen and oxygen atoms in total. The second-order valence-electron chi connectivity index (χ2n) is 4.73. The number of nitrogens with one attached hydrogen (secondary N) is 2. The van der Waals surface area contributed by atoms with E-state index in [0.29, 0.717) is 12.0 Å². The number of para-hydroxylation sites is 1. The quantitative estimate of drug-likeness (QED) is 0.821. The first-order chi connectivity index (χ1) is 7.70. The number of benzene rings is 1. The topological polar surface area (TPSA) is 33.3 Å². The van der Waals surface area contributed by atoms with Crippen LogP contribution in [0.4, 0.5) is 11.4 Å². The molecule has 3 heteroatoms. The van der Waals surface area contributed by atoms with E-state index >= 15 is 0 Å². The Morgan fingerprint density at radius 2 is 2.25 bits per heavy atom. The molecule has 0 bridgehead atoms. The number of fused-ring (bicyclic) bond motifs is 1. The van der Waals surface area contributed by atoms with Gasteiger partial charge in [0.15, 0.2) is 0 Å². The summed E-state index contributed by atoms with van der Waals surface area (Å²) in [6.07, 6.45) is 1.18. The molecule has 1 unspecified atom stereocenters. The van der Waals surface area contributed by atoms with Crippen LogP contribution in [0.2, 0.25) is 0 Å². The molecule has 0 aromatic heterocycles. The second kappa shape index (κ2) is 4.64. The molecule has 1 atom stereocenters. The van der Waals surface area contributed by atoms with Gasteiger partial charge in [-0.05, 0) is 24.5 Å². The van der Waals surface area contributed by atoms with Gasteiger partial charge in [0.1, 0.15) is 11.4 Å². The second-order valence-corrected chi connectivity index (χ2v) is 4.73. The van der Waals surface area contributed by atoms with E-state index in [1.807, 2.05) is 12.1 Å². The maximum Gasteiger partial charge on any atom is 0.144 e. The lowest BCUT2D eigenvalue weighted by atomic mass is 10.0. The maximum absolute atomic E-state index is 5.33. The van der Waals surface area contributed by atoms with Crippen molar-refractivity contribution in [3.05, 3.63) is 18.2 Å². The van der Waals surface area contributed by atoms with Crippen LogP contribution < -0.4 is 15.4 Å². The van der Waals surface area contributed by atoms with Gasteiger partial charge in [0.05, 0.1) is 12.8 Å². The van der Waals surface area contributed by atoms with Crippen molar-refractivity contribution in [2.24, 2.45) is 5.92 Å². The van der Waals surface area contributed by atoms with Crippen LogP contribution >= 0.6 is 0 Å². The van der Waals surface area contributed by atoms with Gasteiger partial charge in [-0.25, -0.2) is 0 Å². The standard InChI is InChI=1S/C13H20N2O/c1-9(2)7-10-8-14-13-11(15-10)5-4-6-12(13)16-3/h4-6,9-10,14-15H,7-8H2,1-3H3. The van der Waals surface area contributed by atoms with Crippen LogP contribution in [0.5, 0.6) is 5.75 Å². The highest BCUT2D eigenvalue weighted by molar-refractivity contribution is 5.77. The van der Waals surface area contributed by atoms with Crippen LogP contribution in [0, 0.1) is 5.92 Å². The lowest BCUT2D eigenvalue weighted by Crippen LogP contribution is -2.34. The van der Waals surface area contributed by atoms with Gasteiger partial charge in [0.2, 0.25) is 0 Å². The SMILES string of the molecule is COc1cccc2c1NCC(CC(C)C)N2. The molecule has 0 spiro atoms. The monoisotopic (exact) mass is 220 g/mol. The van der Waals surface area contributed by atoms with Crippen molar-refractivity contribution in [2.75, 3.05) is 24.3 Å². The molecular weight excluding hydrogens is 200 g/mol. The van der Waals surface area contributed by atoms with Crippen molar-refractivity contribution in [2.45, 2.75) is 26.3 Å². The minimum Gasteiger partial charge on any atom is -0.495 e. The molecule has 1 aliphatic rings. The van der Waals surface area contributed by atoms with Gasteiger partial charge in [-0.3, -0.25) is 0 Å². The zero-order valence-electron chi connectivity index (χ0n) is 10.2. The van der Waals surface area contributed by atoms with Gasteiger partial charge in [0.25, 0.3) is 0 Å². The molecule has 0 fully saturated rings. The van der Waals surface area contributed by atoms with Crippen LogP contribution in [0.15, 0.2) is 18.2 Å². The number of hydrogen-bond acceptors (Lipinski definition) is 3. The fourth-order valence-corrected chi connectivity index (χ4v) is 2.21. The number of hydrogen-bond donors (Lipinski definition) is 2. The third-order valence-electron chi connectivity index (χ3n) is 2.89. The van der Waals surface area contributed by atoms with E-state index in [4.69, 9.17) is 4.74 Å². The van der Waals surface area contributed by atoms with E-state index in [2.05, 4.69) is 30.5 Å². The van der Waals surface area contributed by atoms with Crippen LogP contribution in [-0.2, 0) is 0 Å². The molecule has 2 N–H and O–H groups in total. The van der Waals surface area contributed by atoms with Crippen molar-refractivity contribution in [3.8, 4) is 5.75 Å². The zero-order valence-corrected chi connectivity index (χ0v) is 10.2. The Hall–Kier alpha value is -1.38. The predicted molar refractivity (Wildman–Crippen MR) is 68.3 cm³/mol. The lowest BCUT2D eigenvalue weighted by Gasteiger charge is -2.30. The summed E-state index contributed by atoms with van der Waals surface area (Å²) in [6, 6.07) is 6.61. The van der Waals surface area contributed by atoms with Crippen molar-refractivity contribution >= 4 is 11.4 Å².